The molecule has 0 aliphatic carbocycles. The molecule has 3 rings (SSSR count). The molecule has 2 atom stereocenters. The minimum atomic E-state index is 0.0256. The third-order valence-corrected chi connectivity index (χ3v) is 5.89. The quantitative estimate of drug-likeness (QED) is 0.875. The first kappa shape index (κ1) is 19.8. The molecule has 0 radical (unpaired) electrons. The van der Waals surface area contributed by atoms with Crippen molar-refractivity contribution in [1.29, 1.82) is 0 Å². The fraction of sp³-hybridized carbons (Fsp3) is 0.667. The van der Waals surface area contributed by atoms with Gasteiger partial charge in [-0.3, -0.25) is 4.79 Å². The number of rotatable bonds is 5. The van der Waals surface area contributed by atoms with Crippen LogP contribution in [0.3, 0.4) is 0 Å². The molecule has 0 bridgehead atoms. The molecular weight excluding hydrogens is 338 g/mol. The van der Waals surface area contributed by atoms with Gasteiger partial charge in [-0.2, -0.15) is 5.10 Å². The number of hydrogen-bond acceptors (Lipinski definition) is 4. The minimum absolute atomic E-state index is 0.0256. The van der Waals surface area contributed by atoms with Crippen molar-refractivity contribution in [3.63, 3.8) is 0 Å². The molecule has 2 aromatic heterocycles. The van der Waals surface area contributed by atoms with Gasteiger partial charge in [-0.25, -0.2) is 9.67 Å². The van der Waals surface area contributed by atoms with Crippen molar-refractivity contribution in [2.75, 3.05) is 6.54 Å². The second-order valence-corrected chi connectivity index (χ2v) is 8.23. The summed E-state index contributed by atoms with van der Waals surface area (Å²) in [6.45, 7) is 11.2. The van der Waals surface area contributed by atoms with Crippen LogP contribution < -0.4 is 5.73 Å². The average Bonchev–Trinajstić information content (AvgIpc) is 3.05. The van der Waals surface area contributed by atoms with Crippen LogP contribution in [0.25, 0.3) is 11.0 Å². The van der Waals surface area contributed by atoms with E-state index in [1.807, 2.05) is 29.6 Å². The Hall–Kier alpha value is -1.95. The Morgan fingerprint density at radius 3 is 2.70 bits per heavy atom. The number of likely N-dealkylation sites (tertiary alicyclic amines) is 1. The molecule has 27 heavy (non-hydrogen) atoms. The van der Waals surface area contributed by atoms with Crippen LogP contribution in [0.2, 0.25) is 0 Å². The van der Waals surface area contributed by atoms with Gasteiger partial charge in [0.25, 0.3) is 0 Å². The third kappa shape index (κ3) is 3.86. The molecule has 1 aliphatic rings. The number of aryl methyl sites for hydroxylation is 2. The van der Waals surface area contributed by atoms with Crippen LogP contribution in [0.5, 0.6) is 0 Å². The summed E-state index contributed by atoms with van der Waals surface area (Å²) in [5.74, 6) is 0.216. The van der Waals surface area contributed by atoms with Gasteiger partial charge in [0, 0.05) is 42.2 Å². The highest BCUT2D eigenvalue weighted by molar-refractivity contribution is 5.81. The molecule has 1 aliphatic heterocycles. The predicted octanol–water partition coefficient (Wildman–Crippen LogP) is 3.29. The van der Waals surface area contributed by atoms with Crippen molar-refractivity contribution >= 4 is 16.9 Å². The highest BCUT2D eigenvalue weighted by Gasteiger charge is 2.29. The number of amides is 1. The van der Waals surface area contributed by atoms with E-state index in [-0.39, 0.29) is 24.0 Å². The van der Waals surface area contributed by atoms with E-state index in [1.165, 1.54) is 11.1 Å². The normalized spacial score (nSPS) is 19.1. The number of piperidine rings is 1. The van der Waals surface area contributed by atoms with Gasteiger partial charge in [0.15, 0.2) is 5.65 Å². The Kier molecular flexibility index (Phi) is 5.84. The average molecular weight is 372 g/mol. The first-order valence-electron chi connectivity index (χ1n) is 10.2. The number of carbonyl (C=O) groups is 1. The van der Waals surface area contributed by atoms with E-state index < -0.39 is 0 Å². The van der Waals surface area contributed by atoms with Crippen molar-refractivity contribution in [1.82, 2.24) is 19.7 Å². The minimum Gasteiger partial charge on any atom is -0.338 e. The highest BCUT2D eigenvalue weighted by atomic mass is 16.2. The number of aromatic nitrogens is 3. The molecule has 1 fully saturated rings. The zero-order valence-electron chi connectivity index (χ0n) is 17.3. The summed E-state index contributed by atoms with van der Waals surface area (Å²) in [7, 11) is 0. The van der Waals surface area contributed by atoms with Crippen molar-refractivity contribution in [2.24, 2.45) is 5.73 Å². The Morgan fingerprint density at radius 1 is 1.30 bits per heavy atom. The zero-order valence-corrected chi connectivity index (χ0v) is 17.3. The van der Waals surface area contributed by atoms with E-state index in [0.29, 0.717) is 12.8 Å². The maximum atomic E-state index is 12.9. The number of nitrogens with two attached hydrogens (primary N) is 1. The number of pyridine rings is 1. The molecule has 3 heterocycles. The fourth-order valence-corrected chi connectivity index (χ4v) is 4.33. The number of hydrogen-bond donors (Lipinski definition) is 1. The summed E-state index contributed by atoms with van der Waals surface area (Å²) in [5.41, 5.74) is 10.4. The van der Waals surface area contributed by atoms with Gasteiger partial charge in [-0.15, -0.1) is 0 Å². The van der Waals surface area contributed by atoms with Gasteiger partial charge in [0.05, 0.1) is 6.20 Å². The molecule has 6 heteroatoms. The van der Waals surface area contributed by atoms with Crippen LogP contribution in [0, 0.1) is 13.8 Å². The SMILES string of the molecule is Cc1nc2c(cnn2C(C)C)c(C)c1CCC(=O)N1CCCC[C@@H]1[C@H](C)N. The molecule has 2 N–H and O–H groups in total. The Bertz CT molecular complexity index is 824. The van der Waals surface area contributed by atoms with E-state index in [2.05, 4.69) is 25.9 Å². The second-order valence-electron chi connectivity index (χ2n) is 8.23. The first-order valence-corrected chi connectivity index (χ1v) is 10.2. The van der Waals surface area contributed by atoms with E-state index in [4.69, 9.17) is 10.7 Å². The molecule has 6 nitrogen and oxygen atoms in total. The maximum Gasteiger partial charge on any atom is 0.223 e. The first-order chi connectivity index (χ1) is 12.8. The summed E-state index contributed by atoms with van der Waals surface area (Å²) in [4.78, 5) is 19.7. The summed E-state index contributed by atoms with van der Waals surface area (Å²) >= 11 is 0. The van der Waals surface area contributed by atoms with Gasteiger partial charge in [0.2, 0.25) is 5.91 Å². The van der Waals surface area contributed by atoms with E-state index in [1.54, 1.807) is 0 Å². The monoisotopic (exact) mass is 371 g/mol. The van der Waals surface area contributed by atoms with Crippen molar-refractivity contribution in [3.05, 3.63) is 23.0 Å². The molecular formula is C21H33N5O. The van der Waals surface area contributed by atoms with Gasteiger partial charge in [-0.05, 0) is 71.4 Å². The van der Waals surface area contributed by atoms with E-state index in [9.17, 15) is 4.79 Å². The highest BCUT2D eigenvalue weighted by Crippen LogP contribution is 2.26. The van der Waals surface area contributed by atoms with Crippen LogP contribution >= 0.6 is 0 Å². The molecule has 0 saturated carbocycles. The summed E-state index contributed by atoms with van der Waals surface area (Å²) in [5, 5.41) is 5.59. The largest absolute Gasteiger partial charge is 0.338 e. The van der Waals surface area contributed by atoms with Gasteiger partial charge in [0.1, 0.15) is 0 Å². The Balaban J connectivity index is 1.79. The fourth-order valence-electron chi connectivity index (χ4n) is 4.33. The van der Waals surface area contributed by atoms with Crippen LogP contribution in [0.4, 0.5) is 0 Å². The summed E-state index contributed by atoms with van der Waals surface area (Å²) in [6, 6.07) is 0.478. The Labute approximate surface area is 162 Å². The third-order valence-electron chi connectivity index (χ3n) is 5.89. The van der Waals surface area contributed by atoms with Gasteiger partial charge in [-0.1, -0.05) is 0 Å². The Morgan fingerprint density at radius 2 is 2.04 bits per heavy atom. The van der Waals surface area contributed by atoms with Gasteiger partial charge >= 0.3 is 0 Å². The molecule has 1 saturated heterocycles. The van der Waals surface area contributed by atoms with Crippen LogP contribution in [0.1, 0.15) is 69.3 Å². The van der Waals surface area contributed by atoms with E-state index >= 15 is 0 Å². The number of fused-ring (bicyclic) bond motifs is 1. The molecule has 2 aromatic rings. The van der Waals surface area contributed by atoms with Crippen LogP contribution in [0.15, 0.2) is 6.20 Å². The summed E-state index contributed by atoms with van der Waals surface area (Å²) < 4.78 is 1.96. The lowest BCUT2D eigenvalue weighted by atomic mass is 9.95. The predicted molar refractivity (Wildman–Crippen MR) is 109 cm³/mol. The second kappa shape index (κ2) is 7.97. The molecule has 1 amide bonds. The molecule has 0 aromatic carbocycles. The van der Waals surface area contributed by atoms with Crippen molar-refractivity contribution in [2.45, 2.75) is 84.8 Å². The smallest absolute Gasteiger partial charge is 0.223 e. The lowest BCUT2D eigenvalue weighted by Crippen LogP contribution is -2.51. The topological polar surface area (TPSA) is 77.0 Å². The number of nitrogens with zero attached hydrogens (tertiary/aromatic N) is 4. The van der Waals surface area contributed by atoms with Crippen LogP contribution in [-0.4, -0.2) is 44.2 Å². The van der Waals surface area contributed by atoms with Crippen LogP contribution in [-0.2, 0) is 11.2 Å². The maximum absolute atomic E-state index is 12.9. The zero-order chi connectivity index (χ0) is 19.7. The van der Waals surface area contributed by atoms with Crippen molar-refractivity contribution < 1.29 is 4.79 Å². The van der Waals surface area contributed by atoms with Gasteiger partial charge < -0.3 is 10.6 Å². The molecule has 0 unspecified atom stereocenters. The lowest BCUT2D eigenvalue weighted by molar-refractivity contribution is -0.135. The van der Waals surface area contributed by atoms with E-state index in [0.717, 1.165) is 42.5 Å². The number of carbonyl (C=O) groups excluding carboxylic acids is 1. The van der Waals surface area contributed by atoms with Crippen molar-refractivity contribution in [3.8, 4) is 0 Å². The lowest BCUT2D eigenvalue weighted by Gasteiger charge is -2.38. The molecule has 0 spiro atoms. The standard InChI is InChI=1S/C21H33N5O/c1-13(2)26-21-18(12-23-26)14(3)17(16(5)24-21)9-10-20(27)25-11-7-6-8-19(25)15(4)22/h12-13,15,19H,6-11,22H2,1-5H3/t15-,19+/m0/s1. The molecule has 148 valence electrons. The summed E-state index contributed by atoms with van der Waals surface area (Å²) in [6.07, 6.45) is 6.39.